The monoisotopic (exact) mass is 405 g/mol. The average molecular weight is 406 g/mol. The number of benzene rings is 2. The lowest BCUT2D eigenvalue weighted by atomic mass is 10.1. The molecule has 0 aliphatic heterocycles. The van der Waals surface area contributed by atoms with Crippen LogP contribution in [0, 0.1) is 0 Å². The molecule has 1 aromatic heterocycles. The van der Waals surface area contributed by atoms with Gasteiger partial charge >= 0.3 is 5.97 Å². The predicted molar refractivity (Wildman–Crippen MR) is 118 cm³/mol. The van der Waals surface area contributed by atoms with Gasteiger partial charge in [0.1, 0.15) is 0 Å². The number of hydrogen-bond donors (Lipinski definition) is 1. The number of carbonyl (C=O) groups is 1. The maximum absolute atomic E-state index is 11.7. The van der Waals surface area contributed by atoms with Gasteiger partial charge in [-0.15, -0.1) is 0 Å². The first-order valence-electron chi connectivity index (χ1n) is 9.74. The number of aromatic nitrogens is 1. The topological polar surface area (TPSA) is 59.4 Å². The molecule has 150 valence electrons. The summed E-state index contributed by atoms with van der Waals surface area (Å²) in [6.07, 6.45) is 1.14. The van der Waals surface area contributed by atoms with E-state index in [9.17, 15) is 9.90 Å². The van der Waals surface area contributed by atoms with Gasteiger partial charge in [0.25, 0.3) is 8.32 Å². The molecule has 0 amide bonds. The van der Waals surface area contributed by atoms with Gasteiger partial charge in [0.15, 0.2) is 0 Å². The van der Waals surface area contributed by atoms with Gasteiger partial charge in [-0.2, -0.15) is 0 Å². The van der Waals surface area contributed by atoms with E-state index in [0.29, 0.717) is 5.69 Å². The molecule has 5 heteroatoms. The highest BCUT2D eigenvalue weighted by molar-refractivity contribution is 6.99. The number of aromatic carboxylic acids is 1. The standard InChI is InChI=1S/C24H27NO3Si/c1-18(22-21(23(26)27)16-11-17-25-22)28-29(24(2,3)4,19-12-7-5-8-13-19)20-14-9-6-10-15-20/h5-18H,1-4H3,(H,26,27). The van der Waals surface area contributed by atoms with Crippen LogP contribution in [0.15, 0.2) is 79.0 Å². The fourth-order valence-corrected chi connectivity index (χ4v) is 8.59. The maximum atomic E-state index is 11.7. The Labute approximate surface area is 173 Å². The van der Waals surface area contributed by atoms with Crippen molar-refractivity contribution in [3.05, 3.63) is 90.3 Å². The third kappa shape index (κ3) is 4.02. The Balaban J connectivity index is 2.20. The third-order valence-corrected chi connectivity index (χ3v) is 10.3. The van der Waals surface area contributed by atoms with E-state index in [4.69, 9.17) is 4.43 Å². The van der Waals surface area contributed by atoms with Gasteiger partial charge in [-0.05, 0) is 34.5 Å². The zero-order valence-electron chi connectivity index (χ0n) is 17.3. The van der Waals surface area contributed by atoms with E-state index >= 15 is 0 Å². The van der Waals surface area contributed by atoms with E-state index in [1.54, 1.807) is 18.3 Å². The summed E-state index contributed by atoms with van der Waals surface area (Å²) in [5, 5.41) is 11.7. The molecule has 0 fully saturated rings. The second-order valence-corrected chi connectivity index (χ2v) is 12.4. The Kier molecular flexibility index (Phi) is 6.01. The summed E-state index contributed by atoms with van der Waals surface area (Å²) in [5.41, 5.74) is 0.630. The minimum atomic E-state index is -2.79. The van der Waals surface area contributed by atoms with Crippen molar-refractivity contribution in [3.63, 3.8) is 0 Å². The first-order chi connectivity index (χ1) is 13.8. The first kappa shape index (κ1) is 21.0. The van der Waals surface area contributed by atoms with Gasteiger partial charge in [-0.25, -0.2) is 4.79 Å². The molecule has 0 saturated carbocycles. The van der Waals surface area contributed by atoms with Gasteiger partial charge < -0.3 is 9.53 Å². The molecule has 29 heavy (non-hydrogen) atoms. The molecule has 0 aliphatic rings. The van der Waals surface area contributed by atoms with Crippen LogP contribution < -0.4 is 10.4 Å². The van der Waals surface area contributed by atoms with Crippen LogP contribution in [0.25, 0.3) is 0 Å². The highest BCUT2D eigenvalue weighted by Crippen LogP contribution is 2.39. The van der Waals surface area contributed by atoms with Crippen LogP contribution in [0.4, 0.5) is 0 Å². The summed E-state index contributed by atoms with van der Waals surface area (Å²) in [6.45, 7) is 8.49. The summed E-state index contributed by atoms with van der Waals surface area (Å²) < 4.78 is 6.96. The third-order valence-electron chi connectivity index (χ3n) is 5.22. The van der Waals surface area contributed by atoms with E-state index in [0.717, 1.165) is 10.4 Å². The Morgan fingerprint density at radius 1 is 0.931 bits per heavy atom. The van der Waals surface area contributed by atoms with Crippen molar-refractivity contribution in [2.45, 2.75) is 38.8 Å². The van der Waals surface area contributed by atoms with E-state index < -0.39 is 20.4 Å². The average Bonchev–Trinajstić information content (AvgIpc) is 2.72. The van der Waals surface area contributed by atoms with Gasteiger partial charge in [0.05, 0.1) is 17.4 Å². The molecule has 0 bridgehead atoms. The van der Waals surface area contributed by atoms with Crippen LogP contribution in [-0.4, -0.2) is 24.4 Å². The molecule has 0 aliphatic carbocycles. The zero-order valence-corrected chi connectivity index (χ0v) is 18.3. The maximum Gasteiger partial charge on any atom is 0.337 e. The van der Waals surface area contributed by atoms with E-state index in [-0.39, 0.29) is 10.6 Å². The molecule has 2 aromatic carbocycles. The van der Waals surface area contributed by atoms with Gasteiger partial charge in [0.2, 0.25) is 0 Å². The van der Waals surface area contributed by atoms with Crippen LogP contribution in [-0.2, 0) is 4.43 Å². The zero-order chi connectivity index (χ0) is 21.1. The molecule has 3 aromatic rings. The van der Waals surface area contributed by atoms with Crippen molar-refractivity contribution in [3.8, 4) is 0 Å². The van der Waals surface area contributed by atoms with E-state index in [1.165, 1.54) is 0 Å². The van der Waals surface area contributed by atoms with Gasteiger partial charge in [-0.1, -0.05) is 81.4 Å². The van der Waals surface area contributed by atoms with Crippen molar-refractivity contribution in [1.29, 1.82) is 0 Å². The number of nitrogens with zero attached hydrogens (tertiary/aromatic N) is 1. The minimum Gasteiger partial charge on any atom is -0.478 e. The molecule has 1 atom stereocenters. The van der Waals surface area contributed by atoms with Crippen molar-refractivity contribution in [1.82, 2.24) is 4.98 Å². The van der Waals surface area contributed by atoms with Crippen LogP contribution in [0.5, 0.6) is 0 Å². The Bertz CT molecular complexity index is 929. The molecule has 1 heterocycles. The van der Waals surface area contributed by atoms with Crippen LogP contribution >= 0.6 is 0 Å². The molecular weight excluding hydrogens is 378 g/mol. The van der Waals surface area contributed by atoms with Crippen LogP contribution in [0.3, 0.4) is 0 Å². The van der Waals surface area contributed by atoms with Gasteiger partial charge in [-0.3, -0.25) is 4.98 Å². The second-order valence-electron chi connectivity index (χ2n) is 8.16. The van der Waals surface area contributed by atoms with E-state index in [2.05, 4.69) is 50.0 Å². The SMILES string of the molecule is CC(O[Si](c1ccccc1)(c1ccccc1)C(C)(C)C)c1ncccc1C(=O)O. The number of carboxylic acid groups (broad SMARTS) is 1. The lowest BCUT2D eigenvalue weighted by Gasteiger charge is -2.44. The molecular formula is C24H27NO3Si. The molecule has 1 unspecified atom stereocenters. The smallest absolute Gasteiger partial charge is 0.337 e. The van der Waals surface area contributed by atoms with Crippen LogP contribution in [0.1, 0.15) is 49.9 Å². The lowest BCUT2D eigenvalue weighted by Crippen LogP contribution is -2.66. The normalized spacial score (nSPS) is 13.1. The largest absolute Gasteiger partial charge is 0.478 e. The molecule has 0 radical (unpaired) electrons. The first-order valence-corrected chi connectivity index (χ1v) is 11.7. The molecule has 0 spiro atoms. The number of rotatable bonds is 6. The highest BCUT2D eigenvalue weighted by Gasteiger charge is 2.51. The number of pyridine rings is 1. The summed E-state index contributed by atoms with van der Waals surface area (Å²) in [4.78, 5) is 16.1. The van der Waals surface area contributed by atoms with Crippen LogP contribution in [0.2, 0.25) is 5.04 Å². The molecule has 1 N–H and O–H groups in total. The number of carboxylic acids is 1. The summed E-state index contributed by atoms with van der Waals surface area (Å²) >= 11 is 0. The molecule has 0 saturated heterocycles. The fraction of sp³-hybridized carbons (Fsp3) is 0.250. The van der Waals surface area contributed by atoms with Gasteiger partial charge in [0, 0.05) is 6.20 Å². The number of hydrogen-bond acceptors (Lipinski definition) is 3. The summed E-state index contributed by atoms with van der Waals surface area (Å²) in [5.74, 6) is -0.994. The Morgan fingerprint density at radius 2 is 1.45 bits per heavy atom. The van der Waals surface area contributed by atoms with Crippen molar-refractivity contribution in [2.75, 3.05) is 0 Å². The predicted octanol–water partition coefficient (Wildman–Crippen LogP) is 4.42. The summed E-state index contributed by atoms with van der Waals surface area (Å²) in [7, 11) is -2.79. The highest BCUT2D eigenvalue weighted by atomic mass is 28.4. The minimum absolute atomic E-state index is 0.179. The van der Waals surface area contributed by atoms with Crippen molar-refractivity contribution >= 4 is 24.7 Å². The van der Waals surface area contributed by atoms with Crippen molar-refractivity contribution in [2.24, 2.45) is 0 Å². The summed E-state index contributed by atoms with van der Waals surface area (Å²) in [6, 6.07) is 23.8. The lowest BCUT2D eigenvalue weighted by molar-refractivity contribution is 0.0690. The Hall–Kier alpha value is -2.76. The molecule has 3 rings (SSSR count). The van der Waals surface area contributed by atoms with Crippen molar-refractivity contribution < 1.29 is 14.3 Å². The Morgan fingerprint density at radius 3 is 1.90 bits per heavy atom. The second kappa shape index (κ2) is 8.31. The fourth-order valence-electron chi connectivity index (χ4n) is 3.93. The quantitative estimate of drug-likeness (QED) is 0.617. The molecule has 4 nitrogen and oxygen atoms in total. The van der Waals surface area contributed by atoms with E-state index in [1.807, 2.05) is 43.3 Å².